The number of aromatic nitrogens is 3. The summed E-state index contributed by atoms with van der Waals surface area (Å²) in [5, 5.41) is 3.61. The van der Waals surface area contributed by atoms with Crippen molar-refractivity contribution in [2.45, 2.75) is 12.6 Å². The van der Waals surface area contributed by atoms with Crippen LogP contribution in [0.5, 0.6) is 0 Å². The van der Waals surface area contributed by atoms with Crippen molar-refractivity contribution in [2.24, 2.45) is 0 Å². The van der Waals surface area contributed by atoms with Crippen molar-refractivity contribution < 1.29 is 18.0 Å². The molecule has 0 aliphatic rings. The highest BCUT2D eigenvalue weighted by Crippen LogP contribution is 2.33. The van der Waals surface area contributed by atoms with Crippen LogP contribution < -0.4 is 5.32 Å². The SMILES string of the molecule is O=C(Cc1cccc(Cl)c1)Nc1ccc(Cl)c(-c2nc3ncc(C(F)(F)F)cc3[nH]2)c1. The Morgan fingerprint density at radius 2 is 1.90 bits per heavy atom. The van der Waals surface area contributed by atoms with Crippen molar-refractivity contribution in [1.29, 1.82) is 0 Å². The third-order valence-electron chi connectivity index (χ3n) is 4.42. The fourth-order valence-corrected chi connectivity index (χ4v) is 3.42. The summed E-state index contributed by atoms with van der Waals surface area (Å²) in [6.45, 7) is 0. The second-order valence-corrected chi connectivity index (χ2v) is 7.57. The standard InChI is InChI=1S/C21H13Cl2F3N4O/c22-13-3-1-2-11(6-13)7-18(31)28-14-4-5-16(23)15(9-14)19-29-17-8-12(21(24,25)26)10-27-20(17)30-19/h1-6,8-10H,7H2,(H,28,31)(H,27,29,30). The second-order valence-electron chi connectivity index (χ2n) is 6.73. The molecule has 0 spiro atoms. The number of amides is 1. The molecule has 2 heterocycles. The number of rotatable bonds is 4. The summed E-state index contributed by atoms with van der Waals surface area (Å²) in [4.78, 5) is 23.2. The Bertz CT molecular complexity index is 1290. The van der Waals surface area contributed by atoms with Crippen LogP contribution >= 0.6 is 23.2 Å². The number of anilines is 1. The lowest BCUT2D eigenvalue weighted by atomic mass is 10.1. The van der Waals surface area contributed by atoms with Crippen LogP contribution in [0.2, 0.25) is 10.0 Å². The van der Waals surface area contributed by atoms with Gasteiger partial charge in [-0.1, -0.05) is 35.3 Å². The van der Waals surface area contributed by atoms with Crippen molar-refractivity contribution in [2.75, 3.05) is 5.32 Å². The fraction of sp³-hybridized carbons (Fsp3) is 0.0952. The number of nitrogens with one attached hydrogen (secondary N) is 2. The summed E-state index contributed by atoms with van der Waals surface area (Å²) in [6, 6.07) is 12.7. The topological polar surface area (TPSA) is 70.7 Å². The number of carbonyl (C=O) groups is 1. The Balaban J connectivity index is 1.59. The Morgan fingerprint density at radius 3 is 2.65 bits per heavy atom. The third kappa shape index (κ3) is 4.81. The van der Waals surface area contributed by atoms with Crippen LogP contribution in [0.1, 0.15) is 11.1 Å². The number of carbonyl (C=O) groups excluding carboxylic acids is 1. The summed E-state index contributed by atoms with van der Waals surface area (Å²) in [5.74, 6) is -0.0330. The lowest BCUT2D eigenvalue weighted by molar-refractivity contribution is -0.137. The third-order valence-corrected chi connectivity index (χ3v) is 4.99. The van der Waals surface area contributed by atoms with E-state index in [0.717, 1.165) is 17.8 Å². The van der Waals surface area contributed by atoms with Crippen LogP contribution in [-0.2, 0) is 17.4 Å². The molecule has 2 aromatic heterocycles. The molecule has 2 N–H and O–H groups in total. The van der Waals surface area contributed by atoms with Gasteiger partial charge < -0.3 is 10.3 Å². The van der Waals surface area contributed by atoms with Crippen LogP contribution in [0.15, 0.2) is 54.7 Å². The monoisotopic (exact) mass is 464 g/mol. The average Bonchev–Trinajstić information content (AvgIpc) is 3.12. The van der Waals surface area contributed by atoms with Gasteiger partial charge in [-0.25, -0.2) is 9.97 Å². The van der Waals surface area contributed by atoms with Gasteiger partial charge >= 0.3 is 6.18 Å². The van der Waals surface area contributed by atoms with E-state index < -0.39 is 11.7 Å². The Morgan fingerprint density at radius 1 is 1.10 bits per heavy atom. The lowest BCUT2D eigenvalue weighted by Crippen LogP contribution is -2.14. The molecule has 1 amide bonds. The molecule has 0 unspecified atom stereocenters. The highest BCUT2D eigenvalue weighted by atomic mass is 35.5. The van der Waals surface area contributed by atoms with E-state index in [0.29, 0.717) is 21.3 Å². The number of alkyl halides is 3. The molecule has 0 bridgehead atoms. The van der Waals surface area contributed by atoms with Gasteiger partial charge in [-0.3, -0.25) is 4.79 Å². The summed E-state index contributed by atoms with van der Waals surface area (Å²) in [7, 11) is 0. The first-order chi connectivity index (χ1) is 14.7. The largest absolute Gasteiger partial charge is 0.417 e. The van der Waals surface area contributed by atoms with Gasteiger partial charge in [0.2, 0.25) is 5.91 Å². The molecular formula is C21H13Cl2F3N4O. The van der Waals surface area contributed by atoms with E-state index in [-0.39, 0.29) is 29.3 Å². The molecule has 4 rings (SSSR count). The predicted octanol–water partition coefficient (Wildman–Crippen LogP) is 6.13. The molecule has 10 heteroatoms. The van der Waals surface area contributed by atoms with E-state index in [4.69, 9.17) is 23.2 Å². The molecule has 4 aromatic rings. The molecule has 0 saturated heterocycles. The number of fused-ring (bicyclic) bond motifs is 1. The van der Waals surface area contributed by atoms with Crippen molar-refractivity contribution >= 4 is 46.0 Å². The first-order valence-corrected chi connectivity index (χ1v) is 9.72. The van der Waals surface area contributed by atoms with Gasteiger partial charge in [0, 0.05) is 22.5 Å². The summed E-state index contributed by atoms with van der Waals surface area (Å²) in [6.07, 6.45) is -3.67. The van der Waals surface area contributed by atoms with Crippen molar-refractivity contribution in [3.05, 3.63) is 75.9 Å². The van der Waals surface area contributed by atoms with E-state index >= 15 is 0 Å². The number of aromatic amines is 1. The summed E-state index contributed by atoms with van der Waals surface area (Å²) in [5.41, 5.74) is 0.974. The summed E-state index contributed by atoms with van der Waals surface area (Å²) >= 11 is 12.2. The van der Waals surface area contributed by atoms with E-state index in [1.165, 1.54) is 0 Å². The lowest BCUT2D eigenvalue weighted by Gasteiger charge is -2.08. The molecule has 0 radical (unpaired) electrons. The zero-order valence-corrected chi connectivity index (χ0v) is 17.1. The van der Waals surface area contributed by atoms with Crippen LogP contribution in [0.4, 0.5) is 18.9 Å². The first-order valence-electron chi connectivity index (χ1n) is 8.96. The number of H-pyrrole nitrogens is 1. The first kappa shape index (κ1) is 21.1. The average molecular weight is 465 g/mol. The van der Waals surface area contributed by atoms with Crippen molar-refractivity contribution in [3.63, 3.8) is 0 Å². The van der Waals surface area contributed by atoms with Crippen molar-refractivity contribution in [1.82, 2.24) is 15.0 Å². The molecule has 2 aromatic carbocycles. The Labute approximate surface area is 184 Å². The van der Waals surface area contributed by atoms with E-state index in [9.17, 15) is 18.0 Å². The van der Waals surface area contributed by atoms with Gasteiger partial charge in [0.15, 0.2) is 5.65 Å². The molecule has 0 saturated carbocycles. The van der Waals surface area contributed by atoms with E-state index in [1.807, 2.05) is 0 Å². The molecule has 0 aliphatic carbocycles. The molecule has 0 aliphatic heterocycles. The number of imidazole rings is 1. The molecule has 0 atom stereocenters. The van der Waals surface area contributed by atoms with Gasteiger partial charge in [-0.05, 0) is 42.0 Å². The van der Waals surface area contributed by atoms with Gasteiger partial charge in [-0.15, -0.1) is 0 Å². The number of nitrogens with zero attached hydrogens (tertiary/aromatic N) is 2. The second kappa shape index (κ2) is 8.20. The highest BCUT2D eigenvalue weighted by molar-refractivity contribution is 6.33. The maximum Gasteiger partial charge on any atom is 0.417 e. The number of halogens is 5. The number of benzene rings is 2. The fourth-order valence-electron chi connectivity index (χ4n) is 3.00. The molecule has 5 nitrogen and oxygen atoms in total. The summed E-state index contributed by atoms with van der Waals surface area (Å²) < 4.78 is 38.8. The minimum absolute atomic E-state index is 0.118. The number of hydrogen-bond donors (Lipinski definition) is 2. The van der Waals surface area contributed by atoms with Gasteiger partial charge in [0.25, 0.3) is 0 Å². The molecule has 0 fully saturated rings. The Kier molecular flexibility index (Phi) is 5.60. The number of pyridine rings is 1. The predicted molar refractivity (Wildman–Crippen MR) is 113 cm³/mol. The maximum absolute atomic E-state index is 12.9. The van der Waals surface area contributed by atoms with Crippen LogP contribution in [0.25, 0.3) is 22.6 Å². The maximum atomic E-state index is 12.9. The minimum atomic E-state index is -4.52. The van der Waals surface area contributed by atoms with Gasteiger partial charge in [0.05, 0.1) is 22.5 Å². The minimum Gasteiger partial charge on any atom is -0.337 e. The molecular weight excluding hydrogens is 452 g/mol. The highest BCUT2D eigenvalue weighted by Gasteiger charge is 2.31. The zero-order chi connectivity index (χ0) is 22.2. The molecule has 31 heavy (non-hydrogen) atoms. The van der Waals surface area contributed by atoms with E-state index in [1.54, 1.807) is 42.5 Å². The normalized spacial score (nSPS) is 11.6. The van der Waals surface area contributed by atoms with Gasteiger partial charge in [0.1, 0.15) is 5.82 Å². The van der Waals surface area contributed by atoms with Gasteiger partial charge in [-0.2, -0.15) is 13.2 Å². The number of hydrogen-bond acceptors (Lipinski definition) is 3. The smallest absolute Gasteiger partial charge is 0.337 e. The zero-order valence-electron chi connectivity index (χ0n) is 15.6. The Hall–Kier alpha value is -3.10. The van der Waals surface area contributed by atoms with Crippen LogP contribution in [-0.4, -0.2) is 20.9 Å². The molecule has 158 valence electrons. The van der Waals surface area contributed by atoms with Crippen LogP contribution in [0.3, 0.4) is 0 Å². The van der Waals surface area contributed by atoms with E-state index in [2.05, 4.69) is 20.3 Å². The van der Waals surface area contributed by atoms with Crippen molar-refractivity contribution in [3.8, 4) is 11.4 Å². The van der Waals surface area contributed by atoms with Crippen LogP contribution in [0, 0.1) is 0 Å². The quantitative estimate of drug-likeness (QED) is 0.381.